The molecule has 0 amide bonds. The number of benzene rings is 1. The number of hydrogen-bond donors (Lipinski definition) is 0. The average molecular weight is 197 g/mol. The van der Waals surface area contributed by atoms with Crippen molar-refractivity contribution < 1.29 is 4.39 Å². The van der Waals surface area contributed by atoms with Crippen LogP contribution in [-0.2, 0) is 0 Å². The van der Waals surface area contributed by atoms with E-state index in [1.165, 1.54) is 6.07 Å². The van der Waals surface area contributed by atoms with Gasteiger partial charge >= 0.3 is 0 Å². The quantitative estimate of drug-likeness (QED) is 0.591. The van der Waals surface area contributed by atoms with Gasteiger partial charge in [0.25, 0.3) is 0 Å². The molecule has 0 saturated carbocycles. The molecule has 0 spiro atoms. The maximum atomic E-state index is 13.2. The topological polar surface area (TPSA) is 12.9 Å². The van der Waals surface area contributed by atoms with Gasteiger partial charge in [0.15, 0.2) is 0 Å². The second kappa shape index (κ2) is 4.39. The first-order valence-corrected chi connectivity index (χ1v) is 4.54. The summed E-state index contributed by atoms with van der Waals surface area (Å²) in [6.45, 7) is 0. The van der Waals surface area contributed by atoms with Crippen molar-refractivity contribution in [2.75, 3.05) is 0 Å². The van der Waals surface area contributed by atoms with Crippen LogP contribution in [0.5, 0.6) is 0 Å². The van der Waals surface area contributed by atoms with E-state index in [0.29, 0.717) is 11.3 Å². The molecule has 2 rings (SSSR count). The van der Waals surface area contributed by atoms with Gasteiger partial charge in [-0.15, -0.1) is 0 Å². The van der Waals surface area contributed by atoms with E-state index in [2.05, 4.69) is 16.8 Å². The SMILES string of the molecule is Fc1ccccc1C#Cc1ccccn1. The standard InChI is InChI=1S/C13H8FN/c14-13-7-2-1-5-11(13)8-9-12-6-3-4-10-15-12/h1-7,10H. The molecule has 0 aliphatic heterocycles. The number of aromatic nitrogens is 1. The van der Waals surface area contributed by atoms with Crippen LogP contribution in [0.3, 0.4) is 0 Å². The van der Waals surface area contributed by atoms with Crippen molar-refractivity contribution in [2.45, 2.75) is 0 Å². The van der Waals surface area contributed by atoms with Gasteiger partial charge in [0, 0.05) is 6.20 Å². The van der Waals surface area contributed by atoms with Crippen molar-refractivity contribution in [3.05, 3.63) is 65.7 Å². The minimum absolute atomic E-state index is 0.305. The molecule has 0 N–H and O–H groups in total. The van der Waals surface area contributed by atoms with Crippen LogP contribution in [-0.4, -0.2) is 4.98 Å². The molecule has 2 heteroatoms. The van der Waals surface area contributed by atoms with E-state index in [0.717, 1.165) is 0 Å². The summed E-state index contributed by atoms with van der Waals surface area (Å²) in [7, 11) is 0. The lowest BCUT2D eigenvalue weighted by Gasteiger charge is -1.91. The van der Waals surface area contributed by atoms with Crippen molar-refractivity contribution in [3.8, 4) is 11.8 Å². The van der Waals surface area contributed by atoms with Gasteiger partial charge in [-0.1, -0.05) is 24.1 Å². The largest absolute Gasteiger partial charge is 0.248 e. The van der Waals surface area contributed by atoms with Gasteiger partial charge in [0.2, 0.25) is 0 Å². The molecule has 15 heavy (non-hydrogen) atoms. The Morgan fingerprint density at radius 1 is 0.933 bits per heavy atom. The molecule has 0 aliphatic rings. The zero-order valence-corrected chi connectivity index (χ0v) is 7.94. The molecular formula is C13H8FN. The second-order valence-corrected chi connectivity index (χ2v) is 2.94. The summed E-state index contributed by atoms with van der Waals surface area (Å²) in [6, 6.07) is 11.9. The van der Waals surface area contributed by atoms with E-state index in [1.807, 2.05) is 12.1 Å². The molecule has 0 aliphatic carbocycles. The highest BCUT2D eigenvalue weighted by molar-refractivity contribution is 5.40. The predicted molar refractivity (Wildman–Crippen MR) is 56.6 cm³/mol. The molecule has 1 nitrogen and oxygen atoms in total. The van der Waals surface area contributed by atoms with Gasteiger partial charge < -0.3 is 0 Å². The highest BCUT2D eigenvalue weighted by atomic mass is 19.1. The monoisotopic (exact) mass is 197 g/mol. The number of rotatable bonds is 0. The van der Waals surface area contributed by atoms with Crippen LogP contribution in [0.4, 0.5) is 4.39 Å². The van der Waals surface area contributed by atoms with Crippen LogP contribution in [0.25, 0.3) is 0 Å². The maximum absolute atomic E-state index is 13.2. The molecule has 72 valence electrons. The van der Waals surface area contributed by atoms with E-state index in [1.54, 1.807) is 30.5 Å². The Bertz CT molecular complexity index is 509. The molecule has 0 unspecified atom stereocenters. The van der Waals surface area contributed by atoms with Gasteiger partial charge in [-0.25, -0.2) is 9.37 Å². The van der Waals surface area contributed by atoms with Gasteiger partial charge in [-0.3, -0.25) is 0 Å². The van der Waals surface area contributed by atoms with Crippen molar-refractivity contribution >= 4 is 0 Å². The van der Waals surface area contributed by atoms with Gasteiger partial charge in [-0.2, -0.15) is 0 Å². The van der Waals surface area contributed by atoms with Gasteiger partial charge in [0.05, 0.1) is 5.56 Å². The fraction of sp³-hybridized carbons (Fsp3) is 0. The summed E-state index contributed by atoms with van der Waals surface area (Å²) in [4.78, 5) is 4.03. The molecule has 0 radical (unpaired) electrons. The van der Waals surface area contributed by atoms with Crippen LogP contribution in [0.1, 0.15) is 11.3 Å². The lowest BCUT2D eigenvalue weighted by atomic mass is 10.2. The Balaban J connectivity index is 2.31. The molecular weight excluding hydrogens is 189 g/mol. The van der Waals surface area contributed by atoms with Gasteiger partial charge in [0.1, 0.15) is 11.5 Å². The Kier molecular flexibility index (Phi) is 2.75. The summed E-state index contributed by atoms with van der Waals surface area (Å²) in [5.74, 6) is 5.24. The van der Waals surface area contributed by atoms with E-state index < -0.39 is 0 Å². The Hall–Kier alpha value is -2.14. The first kappa shape index (κ1) is 9.42. The average Bonchev–Trinajstić information content (AvgIpc) is 2.29. The van der Waals surface area contributed by atoms with Crippen molar-refractivity contribution in [3.63, 3.8) is 0 Å². The summed E-state index contributed by atoms with van der Waals surface area (Å²) in [5.41, 5.74) is 1.03. The van der Waals surface area contributed by atoms with Crippen LogP contribution >= 0.6 is 0 Å². The molecule has 1 heterocycles. The van der Waals surface area contributed by atoms with Gasteiger partial charge in [-0.05, 0) is 30.2 Å². The molecule has 0 fully saturated rings. The second-order valence-electron chi connectivity index (χ2n) is 2.94. The third-order valence-corrected chi connectivity index (χ3v) is 1.86. The molecule has 0 atom stereocenters. The minimum Gasteiger partial charge on any atom is -0.248 e. The number of hydrogen-bond acceptors (Lipinski definition) is 1. The van der Waals surface area contributed by atoms with E-state index in [9.17, 15) is 4.39 Å². The summed E-state index contributed by atoms with van der Waals surface area (Å²) < 4.78 is 13.2. The van der Waals surface area contributed by atoms with Crippen molar-refractivity contribution in [1.29, 1.82) is 0 Å². The van der Waals surface area contributed by atoms with E-state index in [-0.39, 0.29) is 5.82 Å². The van der Waals surface area contributed by atoms with Crippen LogP contribution in [0.15, 0.2) is 48.7 Å². The number of halogens is 1. The molecule has 0 saturated heterocycles. The van der Waals surface area contributed by atoms with Crippen LogP contribution in [0.2, 0.25) is 0 Å². The predicted octanol–water partition coefficient (Wildman–Crippen LogP) is 2.62. The van der Waals surface area contributed by atoms with Crippen molar-refractivity contribution in [2.24, 2.45) is 0 Å². The highest BCUT2D eigenvalue weighted by Crippen LogP contribution is 2.04. The van der Waals surface area contributed by atoms with Crippen molar-refractivity contribution in [1.82, 2.24) is 4.98 Å². The first-order valence-electron chi connectivity index (χ1n) is 4.54. The molecule has 1 aromatic carbocycles. The summed E-state index contributed by atoms with van der Waals surface area (Å²) >= 11 is 0. The van der Waals surface area contributed by atoms with Crippen LogP contribution < -0.4 is 0 Å². The third kappa shape index (κ3) is 2.41. The first-order chi connectivity index (χ1) is 7.36. The maximum Gasteiger partial charge on any atom is 0.138 e. The van der Waals surface area contributed by atoms with Crippen LogP contribution in [0, 0.1) is 17.7 Å². The molecule has 0 bridgehead atoms. The summed E-state index contributed by atoms with van der Waals surface area (Å²) in [5, 5.41) is 0. The zero-order chi connectivity index (χ0) is 10.5. The molecule has 2 aromatic rings. The minimum atomic E-state index is -0.305. The zero-order valence-electron chi connectivity index (χ0n) is 7.94. The Morgan fingerprint density at radius 3 is 2.47 bits per heavy atom. The Labute approximate surface area is 87.6 Å². The smallest absolute Gasteiger partial charge is 0.138 e. The molecule has 1 aromatic heterocycles. The lowest BCUT2D eigenvalue weighted by Crippen LogP contribution is -1.83. The Morgan fingerprint density at radius 2 is 1.73 bits per heavy atom. The lowest BCUT2D eigenvalue weighted by molar-refractivity contribution is 0.624. The fourth-order valence-electron chi connectivity index (χ4n) is 1.13. The normalized spacial score (nSPS) is 9.13. The third-order valence-electron chi connectivity index (χ3n) is 1.86. The highest BCUT2D eigenvalue weighted by Gasteiger charge is 1.94. The van der Waals surface area contributed by atoms with E-state index in [4.69, 9.17) is 0 Å². The number of pyridine rings is 1. The fourth-order valence-corrected chi connectivity index (χ4v) is 1.13. The van der Waals surface area contributed by atoms with E-state index >= 15 is 0 Å². The summed E-state index contributed by atoms with van der Waals surface area (Å²) in [6.07, 6.45) is 1.66. The number of nitrogens with zero attached hydrogens (tertiary/aromatic N) is 1.